The van der Waals surface area contributed by atoms with Crippen LogP contribution in [0.5, 0.6) is 0 Å². The molecule has 1 heterocycles. The first-order chi connectivity index (χ1) is 7.27. The minimum Gasteiger partial charge on any atom is -0.345 e. The average molecular weight is 206 g/mol. The highest BCUT2D eigenvalue weighted by Gasteiger charge is 2.13. The Hall–Kier alpha value is -0.790. The third-order valence-corrected chi connectivity index (χ3v) is 3.27. The summed E-state index contributed by atoms with van der Waals surface area (Å²) in [5, 5.41) is 0. The Kier molecular flexibility index (Phi) is 3.45. The van der Waals surface area contributed by atoms with Gasteiger partial charge in [-0.2, -0.15) is 0 Å². The molecule has 0 spiro atoms. The van der Waals surface area contributed by atoms with Crippen molar-refractivity contribution in [2.75, 3.05) is 0 Å². The van der Waals surface area contributed by atoms with Gasteiger partial charge in [0.15, 0.2) is 0 Å². The smallest absolute Gasteiger partial charge is 0.109 e. The van der Waals surface area contributed by atoms with Crippen LogP contribution in [0.15, 0.2) is 0 Å². The molecule has 0 unspecified atom stereocenters. The number of nitrogens with zero attached hydrogens (tertiary/aromatic N) is 1. The van der Waals surface area contributed by atoms with Gasteiger partial charge >= 0.3 is 0 Å². The van der Waals surface area contributed by atoms with Crippen LogP contribution >= 0.6 is 0 Å². The Morgan fingerprint density at radius 1 is 1.00 bits per heavy atom. The minimum absolute atomic E-state index is 0.528. The molecule has 0 fully saturated rings. The van der Waals surface area contributed by atoms with Crippen molar-refractivity contribution < 1.29 is 0 Å². The summed E-state index contributed by atoms with van der Waals surface area (Å²) >= 11 is 0. The van der Waals surface area contributed by atoms with Gasteiger partial charge in [-0.05, 0) is 25.7 Å². The van der Waals surface area contributed by atoms with E-state index in [4.69, 9.17) is 4.98 Å². The van der Waals surface area contributed by atoms with Gasteiger partial charge in [0.05, 0.1) is 5.69 Å². The van der Waals surface area contributed by atoms with Gasteiger partial charge in [0.1, 0.15) is 5.82 Å². The molecule has 0 amide bonds. The standard InChI is InChI=1S/C13H22N2/c1-10(2)13-14-11-8-6-4-3-5-7-9-12(11)15-13/h10H,3-9H2,1-2H3,(H,14,15). The maximum absolute atomic E-state index is 4.74. The van der Waals surface area contributed by atoms with Crippen molar-refractivity contribution in [1.82, 2.24) is 9.97 Å². The van der Waals surface area contributed by atoms with Crippen LogP contribution in [0.1, 0.15) is 69.1 Å². The molecule has 1 aromatic heterocycles. The van der Waals surface area contributed by atoms with Gasteiger partial charge in [-0.3, -0.25) is 0 Å². The number of rotatable bonds is 1. The van der Waals surface area contributed by atoms with Gasteiger partial charge in [0.2, 0.25) is 0 Å². The number of aryl methyl sites for hydroxylation is 2. The maximum atomic E-state index is 4.74. The molecule has 0 aliphatic heterocycles. The number of H-pyrrole nitrogens is 1. The molecule has 84 valence electrons. The first-order valence-electron chi connectivity index (χ1n) is 6.35. The van der Waals surface area contributed by atoms with E-state index in [1.807, 2.05) is 0 Å². The van der Waals surface area contributed by atoms with Gasteiger partial charge in [-0.15, -0.1) is 0 Å². The van der Waals surface area contributed by atoms with E-state index in [0.717, 1.165) is 0 Å². The Labute approximate surface area is 92.5 Å². The molecular weight excluding hydrogens is 184 g/mol. The van der Waals surface area contributed by atoms with Gasteiger partial charge < -0.3 is 4.98 Å². The normalized spacial score (nSPS) is 18.1. The molecule has 2 rings (SSSR count). The fourth-order valence-electron chi connectivity index (χ4n) is 2.28. The lowest BCUT2D eigenvalue weighted by molar-refractivity contribution is 0.623. The predicted octanol–water partition coefficient (Wildman–Crippen LogP) is 3.58. The van der Waals surface area contributed by atoms with Crippen molar-refractivity contribution in [1.29, 1.82) is 0 Å². The number of nitrogens with one attached hydrogen (secondary N) is 1. The maximum Gasteiger partial charge on any atom is 0.109 e. The van der Waals surface area contributed by atoms with Crippen molar-refractivity contribution in [2.24, 2.45) is 0 Å². The summed E-state index contributed by atoms with van der Waals surface area (Å²) in [4.78, 5) is 8.26. The highest BCUT2D eigenvalue weighted by molar-refractivity contribution is 5.17. The van der Waals surface area contributed by atoms with Crippen LogP contribution in [0.3, 0.4) is 0 Å². The van der Waals surface area contributed by atoms with Crippen LogP contribution in [0.2, 0.25) is 0 Å². The topological polar surface area (TPSA) is 28.7 Å². The summed E-state index contributed by atoms with van der Waals surface area (Å²) in [5.74, 6) is 1.71. The molecule has 0 atom stereocenters. The molecule has 0 saturated heterocycles. The van der Waals surface area contributed by atoms with Crippen LogP contribution in [-0.2, 0) is 12.8 Å². The zero-order chi connectivity index (χ0) is 10.7. The Balaban J connectivity index is 2.18. The average Bonchev–Trinajstić information content (AvgIpc) is 2.61. The van der Waals surface area contributed by atoms with Crippen molar-refractivity contribution >= 4 is 0 Å². The number of imidazole rings is 1. The lowest BCUT2D eigenvalue weighted by atomic mass is 10.1. The number of aromatic amines is 1. The second-order valence-electron chi connectivity index (χ2n) is 4.97. The van der Waals surface area contributed by atoms with Gasteiger partial charge in [0.25, 0.3) is 0 Å². The number of fused-ring (bicyclic) bond motifs is 1. The van der Waals surface area contributed by atoms with Crippen LogP contribution in [0.4, 0.5) is 0 Å². The van der Waals surface area contributed by atoms with E-state index in [-0.39, 0.29) is 0 Å². The highest BCUT2D eigenvalue weighted by atomic mass is 14.9. The predicted molar refractivity (Wildman–Crippen MR) is 63.2 cm³/mol. The Morgan fingerprint density at radius 3 is 2.40 bits per heavy atom. The van der Waals surface area contributed by atoms with Gasteiger partial charge in [-0.1, -0.05) is 33.1 Å². The van der Waals surface area contributed by atoms with E-state index in [2.05, 4.69) is 18.8 Å². The largest absolute Gasteiger partial charge is 0.345 e. The summed E-state index contributed by atoms with van der Waals surface area (Å²) in [6.45, 7) is 4.41. The third kappa shape index (κ3) is 2.61. The van der Waals surface area contributed by atoms with E-state index in [1.54, 1.807) is 0 Å². The first-order valence-corrected chi connectivity index (χ1v) is 6.35. The zero-order valence-electron chi connectivity index (χ0n) is 9.97. The van der Waals surface area contributed by atoms with E-state index in [9.17, 15) is 0 Å². The second kappa shape index (κ2) is 4.82. The molecule has 0 saturated carbocycles. The van der Waals surface area contributed by atoms with Crippen LogP contribution < -0.4 is 0 Å². The van der Waals surface area contributed by atoms with E-state index in [0.29, 0.717) is 5.92 Å². The molecule has 1 N–H and O–H groups in total. The number of aromatic nitrogens is 2. The van der Waals surface area contributed by atoms with Crippen LogP contribution in [0, 0.1) is 0 Å². The zero-order valence-corrected chi connectivity index (χ0v) is 9.97. The highest BCUT2D eigenvalue weighted by Crippen LogP contribution is 2.20. The monoisotopic (exact) mass is 206 g/mol. The van der Waals surface area contributed by atoms with Crippen molar-refractivity contribution in [3.05, 3.63) is 17.2 Å². The Morgan fingerprint density at radius 2 is 1.67 bits per heavy atom. The van der Waals surface area contributed by atoms with Gasteiger partial charge in [-0.25, -0.2) is 4.98 Å². The third-order valence-electron chi connectivity index (χ3n) is 3.27. The summed E-state index contributed by atoms with van der Waals surface area (Å²) in [6.07, 6.45) is 9.19. The molecule has 0 bridgehead atoms. The fraction of sp³-hybridized carbons (Fsp3) is 0.769. The number of hydrogen-bond acceptors (Lipinski definition) is 1. The van der Waals surface area contributed by atoms with E-state index >= 15 is 0 Å². The van der Waals surface area contributed by atoms with Crippen molar-refractivity contribution in [3.8, 4) is 0 Å². The molecule has 1 aromatic rings. The van der Waals surface area contributed by atoms with Crippen LogP contribution in [0.25, 0.3) is 0 Å². The first kappa shape index (κ1) is 10.7. The molecule has 1 aliphatic carbocycles. The van der Waals surface area contributed by atoms with E-state index in [1.165, 1.54) is 62.2 Å². The molecule has 1 aliphatic rings. The lowest BCUT2D eigenvalue weighted by Gasteiger charge is -1.99. The molecule has 0 aromatic carbocycles. The second-order valence-corrected chi connectivity index (χ2v) is 4.97. The SMILES string of the molecule is CC(C)c1nc2c([nH]1)CCCCCCC2. The lowest BCUT2D eigenvalue weighted by Crippen LogP contribution is -1.91. The number of hydrogen-bond donors (Lipinski definition) is 1. The summed E-state index contributed by atoms with van der Waals surface area (Å²) < 4.78 is 0. The molecule has 2 nitrogen and oxygen atoms in total. The fourth-order valence-corrected chi connectivity index (χ4v) is 2.28. The Bertz CT molecular complexity index is 287. The molecule has 2 heteroatoms. The van der Waals surface area contributed by atoms with Crippen molar-refractivity contribution in [3.63, 3.8) is 0 Å². The molecule has 15 heavy (non-hydrogen) atoms. The van der Waals surface area contributed by atoms with Gasteiger partial charge in [0, 0.05) is 11.6 Å². The summed E-state index contributed by atoms with van der Waals surface area (Å²) in [5.41, 5.74) is 2.77. The molecular formula is C13H22N2. The summed E-state index contributed by atoms with van der Waals surface area (Å²) in [6, 6.07) is 0. The van der Waals surface area contributed by atoms with Crippen LogP contribution in [-0.4, -0.2) is 9.97 Å². The minimum atomic E-state index is 0.528. The van der Waals surface area contributed by atoms with E-state index < -0.39 is 0 Å². The quantitative estimate of drug-likeness (QED) is 0.747. The molecule has 0 radical (unpaired) electrons. The van der Waals surface area contributed by atoms with Crippen molar-refractivity contribution in [2.45, 2.75) is 64.7 Å². The summed E-state index contributed by atoms with van der Waals surface area (Å²) in [7, 11) is 0.